The van der Waals surface area contributed by atoms with E-state index in [-0.39, 0.29) is 0 Å². The number of nitrogens with one attached hydrogen (secondary N) is 1. The van der Waals surface area contributed by atoms with Gasteiger partial charge in [0.25, 0.3) is 0 Å². The molecule has 0 atom stereocenters. The molecule has 0 bridgehead atoms. The molecule has 104 valence electrons. The molecule has 1 fully saturated rings. The summed E-state index contributed by atoms with van der Waals surface area (Å²) in [5.74, 6) is 0.715. The molecule has 2 aromatic rings. The molecule has 1 aliphatic carbocycles. The number of hydrogen-bond acceptors (Lipinski definition) is 1. The molecule has 1 N–H and O–H groups in total. The summed E-state index contributed by atoms with van der Waals surface area (Å²) in [5, 5.41) is 3.64. The van der Waals surface area contributed by atoms with E-state index in [9.17, 15) is 0 Å². The van der Waals surface area contributed by atoms with E-state index in [2.05, 4.69) is 85.7 Å². The molecule has 0 aliphatic heterocycles. The second kappa shape index (κ2) is 6.42. The Balaban J connectivity index is 1.49. The lowest BCUT2D eigenvalue weighted by Crippen LogP contribution is -2.39. The highest BCUT2D eigenvalue weighted by molar-refractivity contribution is 9.10. The number of rotatable bonds is 4. The molecule has 2 aromatic carbocycles. The van der Waals surface area contributed by atoms with Crippen LogP contribution in [-0.4, -0.2) is 6.04 Å². The second-order valence-corrected chi connectivity index (χ2v) is 7.26. The first-order valence-electron chi connectivity index (χ1n) is 6.94. The fourth-order valence-corrected chi connectivity index (χ4v) is 3.59. The Morgan fingerprint density at radius 3 is 2.35 bits per heavy atom. The van der Waals surface area contributed by atoms with Gasteiger partial charge in [-0.25, -0.2) is 0 Å². The monoisotopic (exact) mass is 393 g/mol. The Labute approximate surface area is 137 Å². The van der Waals surface area contributed by atoms with Crippen molar-refractivity contribution in [1.29, 1.82) is 0 Å². The van der Waals surface area contributed by atoms with E-state index in [1.165, 1.54) is 28.4 Å². The molecular formula is C17H17Br2N. The lowest BCUT2D eigenvalue weighted by atomic mass is 9.76. The van der Waals surface area contributed by atoms with Crippen LogP contribution in [-0.2, 0) is 6.54 Å². The van der Waals surface area contributed by atoms with Gasteiger partial charge in [-0.3, -0.25) is 0 Å². The Kier molecular flexibility index (Phi) is 4.59. The molecule has 20 heavy (non-hydrogen) atoms. The van der Waals surface area contributed by atoms with Crippen molar-refractivity contribution in [2.24, 2.45) is 0 Å². The quantitative estimate of drug-likeness (QED) is 0.746. The number of hydrogen-bond donors (Lipinski definition) is 1. The summed E-state index contributed by atoms with van der Waals surface area (Å²) in [4.78, 5) is 0. The molecule has 0 aromatic heterocycles. The van der Waals surface area contributed by atoms with Gasteiger partial charge in [-0.15, -0.1) is 0 Å². The summed E-state index contributed by atoms with van der Waals surface area (Å²) < 4.78 is 2.33. The van der Waals surface area contributed by atoms with Gasteiger partial charge in [0.1, 0.15) is 0 Å². The van der Waals surface area contributed by atoms with Crippen LogP contribution >= 0.6 is 31.9 Å². The van der Waals surface area contributed by atoms with Crippen LogP contribution in [0, 0.1) is 0 Å². The van der Waals surface area contributed by atoms with Crippen molar-refractivity contribution in [2.75, 3.05) is 0 Å². The van der Waals surface area contributed by atoms with Gasteiger partial charge in [-0.05, 0) is 54.2 Å². The predicted octanol–water partition coefficient (Wildman–Crippen LogP) is 5.25. The van der Waals surface area contributed by atoms with Crippen molar-refractivity contribution in [3.63, 3.8) is 0 Å². The minimum atomic E-state index is 0.651. The van der Waals surface area contributed by atoms with Gasteiger partial charge in [-0.1, -0.05) is 56.1 Å². The smallest absolute Gasteiger partial charge is 0.0208 e. The zero-order chi connectivity index (χ0) is 13.9. The zero-order valence-corrected chi connectivity index (χ0v) is 14.3. The Morgan fingerprint density at radius 2 is 1.65 bits per heavy atom. The largest absolute Gasteiger partial charge is 0.310 e. The molecule has 0 amide bonds. The first-order valence-corrected chi connectivity index (χ1v) is 8.52. The highest BCUT2D eigenvalue weighted by Crippen LogP contribution is 2.37. The summed E-state index contributed by atoms with van der Waals surface area (Å²) in [6.07, 6.45) is 2.48. The van der Waals surface area contributed by atoms with E-state index in [1.54, 1.807) is 0 Å². The summed E-state index contributed by atoms with van der Waals surface area (Å²) in [6.45, 7) is 0.954. The zero-order valence-electron chi connectivity index (χ0n) is 11.2. The number of benzene rings is 2. The minimum absolute atomic E-state index is 0.651. The van der Waals surface area contributed by atoms with Gasteiger partial charge in [0.2, 0.25) is 0 Å². The Hall–Kier alpha value is -0.640. The molecule has 0 saturated heterocycles. The fourth-order valence-electron chi connectivity index (χ4n) is 2.73. The summed E-state index contributed by atoms with van der Waals surface area (Å²) >= 11 is 7.06. The maximum absolute atomic E-state index is 3.64. The van der Waals surface area contributed by atoms with Crippen molar-refractivity contribution in [2.45, 2.75) is 31.3 Å². The molecule has 3 heteroatoms. The third kappa shape index (κ3) is 3.51. The Morgan fingerprint density at radius 1 is 0.950 bits per heavy atom. The first kappa shape index (κ1) is 14.3. The molecule has 1 aliphatic rings. The van der Waals surface area contributed by atoms with Crippen molar-refractivity contribution in [3.05, 3.63) is 68.6 Å². The van der Waals surface area contributed by atoms with Crippen molar-refractivity contribution in [3.8, 4) is 0 Å². The summed E-state index contributed by atoms with van der Waals surface area (Å²) in [6, 6.07) is 17.8. The SMILES string of the molecule is Brc1cccc(CNC2CC(c3cccc(Br)c3)C2)c1. The molecule has 0 spiro atoms. The average Bonchev–Trinajstić information content (AvgIpc) is 2.37. The average molecular weight is 395 g/mol. The fraction of sp³-hybridized carbons (Fsp3) is 0.294. The normalized spacial score (nSPS) is 21.5. The lowest BCUT2D eigenvalue weighted by molar-refractivity contribution is 0.289. The summed E-state index contributed by atoms with van der Waals surface area (Å²) in [7, 11) is 0. The maximum Gasteiger partial charge on any atom is 0.0208 e. The van der Waals surface area contributed by atoms with Crippen LogP contribution in [0.1, 0.15) is 29.9 Å². The summed E-state index contributed by atoms with van der Waals surface area (Å²) in [5.41, 5.74) is 2.80. The van der Waals surface area contributed by atoms with Crippen LogP contribution in [0.2, 0.25) is 0 Å². The lowest BCUT2D eigenvalue weighted by Gasteiger charge is -2.36. The molecule has 3 rings (SSSR count). The standard InChI is InChI=1S/C17H17Br2N/c18-15-5-1-3-12(7-15)11-20-17-9-14(10-17)13-4-2-6-16(19)8-13/h1-8,14,17,20H,9-11H2. The van der Waals surface area contributed by atoms with Crippen LogP contribution in [0.25, 0.3) is 0 Å². The van der Waals surface area contributed by atoms with E-state index < -0.39 is 0 Å². The highest BCUT2D eigenvalue weighted by atomic mass is 79.9. The minimum Gasteiger partial charge on any atom is -0.310 e. The first-order chi connectivity index (χ1) is 9.70. The van der Waals surface area contributed by atoms with Gasteiger partial charge < -0.3 is 5.32 Å². The third-order valence-corrected chi connectivity index (χ3v) is 4.93. The van der Waals surface area contributed by atoms with Crippen LogP contribution in [0.15, 0.2) is 57.5 Å². The highest BCUT2D eigenvalue weighted by Gasteiger charge is 2.29. The molecule has 0 radical (unpaired) electrons. The van der Waals surface area contributed by atoms with Crippen molar-refractivity contribution in [1.82, 2.24) is 5.32 Å². The van der Waals surface area contributed by atoms with E-state index in [0.29, 0.717) is 12.0 Å². The Bertz CT molecular complexity index is 588. The van der Waals surface area contributed by atoms with Gasteiger partial charge in [0.15, 0.2) is 0 Å². The van der Waals surface area contributed by atoms with Gasteiger partial charge >= 0.3 is 0 Å². The van der Waals surface area contributed by atoms with Crippen LogP contribution in [0.3, 0.4) is 0 Å². The van der Waals surface area contributed by atoms with Gasteiger partial charge in [-0.2, -0.15) is 0 Å². The van der Waals surface area contributed by atoms with E-state index in [0.717, 1.165) is 11.0 Å². The van der Waals surface area contributed by atoms with Crippen LogP contribution in [0.5, 0.6) is 0 Å². The molecular weight excluding hydrogens is 378 g/mol. The van der Waals surface area contributed by atoms with Crippen LogP contribution in [0.4, 0.5) is 0 Å². The molecule has 0 unspecified atom stereocenters. The van der Waals surface area contributed by atoms with Crippen molar-refractivity contribution < 1.29 is 0 Å². The van der Waals surface area contributed by atoms with Gasteiger partial charge in [0, 0.05) is 21.5 Å². The van der Waals surface area contributed by atoms with Crippen molar-refractivity contribution >= 4 is 31.9 Å². The topological polar surface area (TPSA) is 12.0 Å². The molecule has 0 heterocycles. The van der Waals surface area contributed by atoms with E-state index in [1.807, 2.05) is 0 Å². The maximum atomic E-state index is 3.64. The number of halogens is 2. The van der Waals surface area contributed by atoms with Crippen LogP contribution < -0.4 is 5.32 Å². The molecule has 1 saturated carbocycles. The predicted molar refractivity (Wildman–Crippen MR) is 90.9 cm³/mol. The third-order valence-electron chi connectivity index (χ3n) is 3.94. The van der Waals surface area contributed by atoms with E-state index in [4.69, 9.17) is 0 Å². The molecule has 1 nitrogen and oxygen atoms in total. The van der Waals surface area contributed by atoms with E-state index >= 15 is 0 Å². The second-order valence-electron chi connectivity index (χ2n) is 5.43. The van der Waals surface area contributed by atoms with Gasteiger partial charge in [0.05, 0.1) is 0 Å².